The molecular weight excluding hydrogens is 300 g/mol. The molecule has 0 aromatic heterocycles. The van der Waals surface area contributed by atoms with Gasteiger partial charge in [0.15, 0.2) is 0 Å². The van der Waals surface area contributed by atoms with Crippen LogP contribution in [0.1, 0.15) is 43.7 Å². The summed E-state index contributed by atoms with van der Waals surface area (Å²) in [5.41, 5.74) is 1.94. The number of ether oxygens (including phenoxy) is 1. The topological polar surface area (TPSA) is 65.6 Å². The van der Waals surface area contributed by atoms with E-state index in [1.807, 2.05) is 6.07 Å². The first-order valence-corrected chi connectivity index (χ1v) is 8.23. The highest BCUT2D eigenvalue weighted by Gasteiger charge is 2.02. The quantitative estimate of drug-likeness (QED) is 0.551. The van der Waals surface area contributed by atoms with E-state index in [9.17, 15) is 5.11 Å². The second-order valence-electron chi connectivity index (χ2n) is 5.55. The molecule has 0 fully saturated rings. The predicted molar refractivity (Wildman–Crippen MR) is 96.2 cm³/mol. The molecule has 4 nitrogen and oxygen atoms in total. The van der Waals surface area contributed by atoms with E-state index in [1.54, 1.807) is 42.6 Å². The monoisotopic (exact) mass is 322 g/mol. The van der Waals surface area contributed by atoms with Crippen LogP contribution in [0.4, 0.5) is 5.69 Å². The number of unbranched alkanes of at least 4 members (excludes halogenated alkanes) is 3. The van der Waals surface area contributed by atoms with E-state index in [1.165, 1.54) is 12.8 Å². The van der Waals surface area contributed by atoms with Gasteiger partial charge in [-0.05, 0) is 42.8 Å². The lowest BCUT2D eigenvalue weighted by molar-refractivity contribution is 0.303. The predicted octanol–water partition coefficient (Wildman–Crippen LogP) is 4.97. The van der Waals surface area contributed by atoms with Crippen molar-refractivity contribution in [1.29, 1.82) is 5.26 Å². The van der Waals surface area contributed by atoms with E-state index in [-0.39, 0.29) is 5.75 Å². The Kier molecular flexibility index (Phi) is 6.85. The van der Waals surface area contributed by atoms with Crippen LogP contribution >= 0.6 is 0 Å². The van der Waals surface area contributed by atoms with Crippen LogP contribution in [-0.2, 0) is 0 Å². The van der Waals surface area contributed by atoms with Gasteiger partial charge in [0.05, 0.1) is 23.9 Å². The summed E-state index contributed by atoms with van der Waals surface area (Å²) in [7, 11) is 0. The average molecular weight is 322 g/mol. The summed E-state index contributed by atoms with van der Waals surface area (Å²) in [5.74, 6) is 0.804. The zero-order chi connectivity index (χ0) is 17.2. The molecule has 0 aliphatic carbocycles. The summed E-state index contributed by atoms with van der Waals surface area (Å²) in [6.45, 7) is 2.84. The molecular formula is C20H22N2O2. The summed E-state index contributed by atoms with van der Waals surface area (Å²) in [5, 5.41) is 18.8. The van der Waals surface area contributed by atoms with Gasteiger partial charge in [-0.15, -0.1) is 0 Å². The minimum absolute atomic E-state index is 0.137. The number of aliphatic imine (C=N–C) groups is 1. The van der Waals surface area contributed by atoms with Crippen molar-refractivity contribution in [3.63, 3.8) is 0 Å². The number of phenols is 1. The van der Waals surface area contributed by atoms with Crippen LogP contribution in [-0.4, -0.2) is 17.9 Å². The average Bonchev–Trinajstić information content (AvgIpc) is 2.61. The standard InChI is InChI=1S/C20H22N2O2/c1-2-3-4-5-12-24-19-11-8-17(20(23)13-19)15-22-18-9-6-16(14-21)7-10-18/h6-11,13,15,23H,2-5,12H2,1H3. The van der Waals surface area contributed by atoms with Crippen molar-refractivity contribution in [1.82, 2.24) is 0 Å². The number of nitriles is 1. The number of nitrogens with zero attached hydrogens (tertiary/aromatic N) is 2. The van der Waals surface area contributed by atoms with Crippen LogP contribution in [0, 0.1) is 11.3 Å². The summed E-state index contributed by atoms with van der Waals surface area (Å²) >= 11 is 0. The molecule has 0 aliphatic heterocycles. The lowest BCUT2D eigenvalue weighted by Crippen LogP contribution is -1.97. The SMILES string of the molecule is CCCCCCOc1ccc(C=Nc2ccc(C#N)cc2)c(O)c1. The first-order valence-electron chi connectivity index (χ1n) is 8.23. The minimum Gasteiger partial charge on any atom is -0.507 e. The third kappa shape index (κ3) is 5.44. The van der Waals surface area contributed by atoms with Gasteiger partial charge in [-0.25, -0.2) is 0 Å². The molecule has 0 aliphatic rings. The van der Waals surface area contributed by atoms with Gasteiger partial charge in [0.1, 0.15) is 11.5 Å². The number of phenolic OH excluding ortho intramolecular Hbond substituents is 1. The van der Waals surface area contributed by atoms with Gasteiger partial charge < -0.3 is 9.84 Å². The molecule has 0 saturated heterocycles. The van der Waals surface area contributed by atoms with E-state index in [0.29, 0.717) is 23.5 Å². The molecule has 0 saturated carbocycles. The highest BCUT2D eigenvalue weighted by molar-refractivity contribution is 5.85. The smallest absolute Gasteiger partial charge is 0.128 e. The zero-order valence-corrected chi connectivity index (χ0v) is 13.9. The van der Waals surface area contributed by atoms with Crippen molar-refractivity contribution in [2.75, 3.05) is 6.61 Å². The molecule has 2 aromatic carbocycles. The van der Waals surface area contributed by atoms with Crippen LogP contribution in [0.15, 0.2) is 47.5 Å². The van der Waals surface area contributed by atoms with E-state index in [4.69, 9.17) is 10.00 Å². The van der Waals surface area contributed by atoms with Crippen LogP contribution in [0.25, 0.3) is 0 Å². The number of benzene rings is 2. The van der Waals surface area contributed by atoms with Crippen molar-refractivity contribution >= 4 is 11.9 Å². The number of aromatic hydroxyl groups is 1. The van der Waals surface area contributed by atoms with Gasteiger partial charge in [0, 0.05) is 17.8 Å². The zero-order valence-electron chi connectivity index (χ0n) is 13.9. The van der Waals surface area contributed by atoms with E-state index in [2.05, 4.69) is 18.0 Å². The van der Waals surface area contributed by atoms with Crippen LogP contribution in [0.2, 0.25) is 0 Å². The molecule has 124 valence electrons. The van der Waals surface area contributed by atoms with E-state index in [0.717, 1.165) is 18.5 Å². The van der Waals surface area contributed by atoms with Crippen molar-refractivity contribution < 1.29 is 9.84 Å². The Morgan fingerprint density at radius 3 is 2.58 bits per heavy atom. The van der Waals surface area contributed by atoms with Crippen molar-refractivity contribution in [3.05, 3.63) is 53.6 Å². The lowest BCUT2D eigenvalue weighted by atomic mass is 10.2. The third-order valence-electron chi connectivity index (χ3n) is 3.62. The molecule has 0 bridgehead atoms. The minimum atomic E-state index is 0.137. The van der Waals surface area contributed by atoms with Crippen molar-refractivity contribution in [2.45, 2.75) is 32.6 Å². The number of hydrogen-bond donors (Lipinski definition) is 1. The van der Waals surface area contributed by atoms with Crippen molar-refractivity contribution in [3.8, 4) is 17.6 Å². The molecule has 0 amide bonds. The Labute approximate surface area is 143 Å². The molecule has 0 radical (unpaired) electrons. The largest absolute Gasteiger partial charge is 0.507 e. The highest BCUT2D eigenvalue weighted by atomic mass is 16.5. The summed E-state index contributed by atoms with van der Waals surface area (Å²) < 4.78 is 5.64. The van der Waals surface area contributed by atoms with Gasteiger partial charge in [0.2, 0.25) is 0 Å². The Morgan fingerprint density at radius 2 is 1.92 bits per heavy atom. The Balaban J connectivity index is 1.93. The van der Waals surface area contributed by atoms with E-state index >= 15 is 0 Å². The molecule has 0 atom stereocenters. The molecule has 4 heteroatoms. The second kappa shape index (κ2) is 9.36. The third-order valence-corrected chi connectivity index (χ3v) is 3.62. The second-order valence-corrected chi connectivity index (χ2v) is 5.55. The van der Waals surface area contributed by atoms with Gasteiger partial charge >= 0.3 is 0 Å². The first-order chi connectivity index (χ1) is 11.7. The molecule has 0 unspecified atom stereocenters. The molecule has 0 spiro atoms. The normalized spacial score (nSPS) is 10.7. The molecule has 2 rings (SSSR count). The fourth-order valence-corrected chi connectivity index (χ4v) is 2.21. The maximum atomic E-state index is 10.1. The Hall–Kier alpha value is -2.80. The maximum absolute atomic E-state index is 10.1. The van der Waals surface area contributed by atoms with E-state index < -0.39 is 0 Å². The van der Waals surface area contributed by atoms with Crippen LogP contribution in [0.3, 0.4) is 0 Å². The summed E-state index contributed by atoms with van der Waals surface area (Å²) in [4.78, 5) is 4.30. The number of rotatable bonds is 8. The fraction of sp³-hybridized carbons (Fsp3) is 0.300. The van der Waals surface area contributed by atoms with Gasteiger partial charge in [0.25, 0.3) is 0 Å². The van der Waals surface area contributed by atoms with Crippen molar-refractivity contribution in [2.24, 2.45) is 4.99 Å². The lowest BCUT2D eigenvalue weighted by Gasteiger charge is -2.07. The Bertz CT molecular complexity index is 715. The number of hydrogen-bond acceptors (Lipinski definition) is 4. The highest BCUT2D eigenvalue weighted by Crippen LogP contribution is 2.23. The Morgan fingerprint density at radius 1 is 1.12 bits per heavy atom. The molecule has 24 heavy (non-hydrogen) atoms. The van der Waals surface area contributed by atoms with Crippen LogP contribution in [0.5, 0.6) is 11.5 Å². The summed E-state index contributed by atoms with van der Waals surface area (Å²) in [6.07, 6.45) is 6.21. The molecule has 0 heterocycles. The van der Waals surface area contributed by atoms with Gasteiger partial charge in [-0.1, -0.05) is 26.2 Å². The fourth-order valence-electron chi connectivity index (χ4n) is 2.21. The van der Waals surface area contributed by atoms with Gasteiger partial charge in [-0.3, -0.25) is 4.99 Å². The first kappa shape index (κ1) is 17.6. The van der Waals surface area contributed by atoms with Crippen LogP contribution < -0.4 is 4.74 Å². The van der Waals surface area contributed by atoms with Gasteiger partial charge in [-0.2, -0.15) is 5.26 Å². The molecule has 2 aromatic rings. The summed E-state index contributed by atoms with van der Waals surface area (Å²) in [6, 6.07) is 14.2. The molecule has 1 N–H and O–H groups in total. The maximum Gasteiger partial charge on any atom is 0.128 e.